The van der Waals surface area contributed by atoms with Crippen molar-refractivity contribution in [3.8, 4) is 0 Å². The molecule has 0 saturated carbocycles. The second-order valence-electron chi connectivity index (χ2n) is 4.14. The molecule has 1 fully saturated rings. The lowest BCUT2D eigenvalue weighted by Gasteiger charge is -2.34. The van der Waals surface area contributed by atoms with Crippen LogP contribution < -0.4 is 5.32 Å². The van der Waals surface area contributed by atoms with E-state index < -0.39 is 5.97 Å². The molecule has 0 aromatic carbocycles. The lowest BCUT2D eigenvalue weighted by molar-refractivity contribution is -0.143. The Bertz CT molecular complexity index is 197. The molecule has 0 radical (unpaired) electrons. The summed E-state index contributed by atoms with van der Waals surface area (Å²) in [5.74, 6) is -0.872. The third kappa shape index (κ3) is 3.27. The van der Waals surface area contributed by atoms with E-state index >= 15 is 0 Å². The van der Waals surface area contributed by atoms with E-state index in [2.05, 4.69) is 17.1 Å². The zero-order valence-corrected chi connectivity index (χ0v) is 8.99. The first-order chi connectivity index (χ1) is 6.63. The van der Waals surface area contributed by atoms with E-state index in [1.807, 2.05) is 7.05 Å². The predicted octanol–water partition coefficient (Wildman–Crippen LogP) is 0.391. The average molecular weight is 200 g/mol. The van der Waals surface area contributed by atoms with Crippen molar-refractivity contribution in [2.24, 2.45) is 5.92 Å². The van der Waals surface area contributed by atoms with E-state index in [-0.39, 0.29) is 5.92 Å². The molecule has 0 spiro atoms. The molecule has 2 atom stereocenters. The van der Waals surface area contributed by atoms with Gasteiger partial charge in [-0.25, -0.2) is 0 Å². The number of carbonyl (C=O) groups is 1. The molecule has 4 nitrogen and oxygen atoms in total. The van der Waals surface area contributed by atoms with Crippen molar-refractivity contribution < 1.29 is 9.90 Å². The Morgan fingerprint density at radius 1 is 1.57 bits per heavy atom. The van der Waals surface area contributed by atoms with Gasteiger partial charge >= 0.3 is 5.97 Å². The van der Waals surface area contributed by atoms with Crippen LogP contribution in [0.1, 0.15) is 19.8 Å². The number of hydrogen-bond donors (Lipinski definition) is 2. The van der Waals surface area contributed by atoms with Gasteiger partial charge in [0, 0.05) is 19.1 Å². The van der Waals surface area contributed by atoms with Crippen LogP contribution in [0.2, 0.25) is 0 Å². The normalized spacial score (nSPS) is 29.0. The van der Waals surface area contributed by atoms with Crippen molar-refractivity contribution in [3.05, 3.63) is 0 Å². The minimum absolute atomic E-state index is 0.205. The Morgan fingerprint density at radius 3 is 2.86 bits per heavy atom. The number of piperidine rings is 1. The molecule has 1 aliphatic rings. The number of aliphatic carboxylic acids is 1. The fraction of sp³-hybridized carbons (Fsp3) is 0.900. The molecule has 0 aromatic rings. The lowest BCUT2D eigenvalue weighted by atomic mass is 9.94. The van der Waals surface area contributed by atoms with Crippen LogP contribution in [0, 0.1) is 5.92 Å². The molecular formula is C10H20N2O2. The number of carboxylic acids is 1. The van der Waals surface area contributed by atoms with Gasteiger partial charge in [-0.2, -0.15) is 0 Å². The molecule has 0 aliphatic carbocycles. The van der Waals surface area contributed by atoms with Gasteiger partial charge in [0.1, 0.15) is 0 Å². The number of rotatable bonds is 4. The molecule has 4 heteroatoms. The maximum Gasteiger partial charge on any atom is 0.307 e. The van der Waals surface area contributed by atoms with Crippen LogP contribution in [0.25, 0.3) is 0 Å². The zero-order valence-electron chi connectivity index (χ0n) is 8.99. The first-order valence-corrected chi connectivity index (χ1v) is 5.28. The molecular weight excluding hydrogens is 180 g/mol. The summed E-state index contributed by atoms with van der Waals surface area (Å²) < 4.78 is 0. The monoisotopic (exact) mass is 200 g/mol. The first-order valence-electron chi connectivity index (χ1n) is 5.28. The van der Waals surface area contributed by atoms with E-state index in [1.165, 1.54) is 0 Å². The zero-order chi connectivity index (χ0) is 10.6. The van der Waals surface area contributed by atoms with Crippen LogP contribution in [0.5, 0.6) is 0 Å². The maximum absolute atomic E-state index is 10.9. The number of nitrogens with zero attached hydrogens (tertiary/aromatic N) is 1. The first kappa shape index (κ1) is 11.5. The van der Waals surface area contributed by atoms with Gasteiger partial charge in [0.25, 0.3) is 0 Å². The summed E-state index contributed by atoms with van der Waals surface area (Å²) in [6, 6.07) is 0.342. The van der Waals surface area contributed by atoms with Gasteiger partial charge in [0.2, 0.25) is 0 Å². The highest BCUT2D eigenvalue weighted by Gasteiger charge is 2.29. The van der Waals surface area contributed by atoms with Gasteiger partial charge in [-0.3, -0.25) is 4.79 Å². The highest BCUT2D eigenvalue weighted by molar-refractivity contribution is 5.70. The number of likely N-dealkylation sites (tertiary alicyclic amines) is 1. The fourth-order valence-corrected chi connectivity index (χ4v) is 1.99. The third-order valence-corrected chi connectivity index (χ3v) is 2.67. The third-order valence-electron chi connectivity index (χ3n) is 2.67. The lowest BCUT2D eigenvalue weighted by Crippen LogP contribution is -2.49. The molecule has 1 heterocycles. The van der Waals surface area contributed by atoms with Crippen LogP contribution in [-0.2, 0) is 4.79 Å². The predicted molar refractivity (Wildman–Crippen MR) is 55.3 cm³/mol. The van der Waals surface area contributed by atoms with Crippen molar-refractivity contribution >= 4 is 5.97 Å². The van der Waals surface area contributed by atoms with E-state index in [9.17, 15) is 4.79 Å². The van der Waals surface area contributed by atoms with E-state index in [1.54, 1.807) is 0 Å². The summed E-state index contributed by atoms with van der Waals surface area (Å²) in [5.41, 5.74) is 0. The van der Waals surface area contributed by atoms with E-state index in [0.717, 1.165) is 25.9 Å². The summed E-state index contributed by atoms with van der Waals surface area (Å²) in [5, 5.41) is 12.3. The van der Waals surface area contributed by atoms with Crippen molar-refractivity contribution in [1.29, 1.82) is 0 Å². The molecule has 14 heavy (non-hydrogen) atoms. The van der Waals surface area contributed by atoms with Crippen molar-refractivity contribution in [2.75, 3.05) is 26.7 Å². The summed E-state index contributed by atoms with van der Waals surface area (Å²) in [6.07, 6.45) is 1.86. The van der Waals surface area contributed by atoms with Crippen LogP contribution in [0.4, 0.5) is 0 Å². The minimum Gasteiger partial charge on any atom is -0.481 e. The van der Waals surface area contributed by atoms with Gasteiger partial charge < -0.3 is 15.3 Å². The van der Waals surface area contributed by atoms with E-state index in [0.29, 0.717) is 12.6 Å². The topological polar surface area (TPSA) is 52.6 Å². The minimum atomic E-state index is -0.667. The maximum atomic E-state index is 10.9. The average Bonchev–Trinajstić information content (AvgIpc) is 2.14. The van der Waals surface area contributed by atoms with Gasteiger partial charge in [-0.05, 0) is 26.4 Å². The number of nitrogens with one attached hydrogen (secondary N) is 1. The molecule has 0 amide bonds. The summed E-state index contributed by atoms with van der Waals surface area (Å²) >= 11 is 0. The Labute approximate surface area is 85.3 Å². The largest absolute Gasteiger partial charge is 0.481 e. The molecule has 0 aromatic heterocycles. The van der Waals surface area contributed by atoms with Crippen molar-refractivity contribution in [3.63, 3.8) is 0 Å². The Balaban J connectivity index is 2.41. The van der Waals surface area contributed by atoms with Gasteiger partial charge in [0.05, 0.1) is 5.92 Å². The molecule has 1 saturated heterocycles. The van der Waals surface area contributed by atoms with Gasteiger partial charge in [-0.15, -0.1) is 0 Å². The van der Waals surface area contributed by atoms with Crippen LogP contribution in [0.15, 0.2) is 0 Å². The van der Waals surface area contributed by atoms with Crippen LogP contribution in [-0.4, -0.2) is 48.7 Å². The van der Waals surface area contributed by atoms with Crippen molar-refractivity contribution in [1.82, 2.24) is 10.2 Å². The number of hydrogen-bond acceptors (Lipinski definition) is 3. The second kappa shape index (κ2) is 5.32. The fourth-order valence-electron chi connectivity index (χ4n) is 1.99. The molecule has 1 rings (SSSR count). The number of likely N-dealkylation sites (N-methyl/N-ethyl adjacent to an activating group) is 1. The van der Waals surface area contributed by atoms with E-state index in [4.69, 9.17) is 5.11 Å². The Morgan fingerprint density at radius 2 is 2.29 bits per heavy atom. The summed E-state index contributed by atoms with van der Waals surface area (Å²) in [6.45, 7) is 4.74. The highest BCUT2D eigenvalue weighted by atomic mass is 16.4. The van der Waals surface area contributed by atoms with Crippen LogP contribution >= 0.6 is 0 Å². The Kier molecular flexibility index (Phi) is 4.35. The Hall–Kier alpha value is -0.610. The molecule has 0 bridgehead atoms. The molecule has 82 valence electrons. The highest BCUT2D eigenvalue weighted by Crippen LogP contribution is 2.15. The summed E-state index contributed by atoms with van der Waals surface area (Å²) in [7, 11) is 1.98. The van der Waals surface area contributed by atoms with Crippen LogP contribution in [0.3, 0.4) is 0 Å². The van der Waals surface area contributed by atoms with Crippen molar-refractivity contribution in [2.45, 2.75) is 25.8 Å². The second-order valence-corrected chi connectivity index (χ2v) is 4.14. The summed E-state index contributed by atoms with van der Waals surface area (Å²) in [4.78, 5) is 13.0. The smallest absolute Gasteiger partial charge is 0.307 e. The van der Waals surface area contributed by atoms with Gasteiger partial charge in [0.15, 0.2) is 0 Å². The molecule has 2 N–H and O–H groups in total. The SMILES string of the molecule is CCCNC1CC(C(=O)O)CN(C)C1. The molecule has 2 unspecified atom stereocenters. The quantitative estimate of drug-likeness (QED) is 0.689. The molecule has 1 aliphatic heterocycles. The van der Waals surface area contributed by atoms with Gasteiger partial charge in [-0.1, -0.05) is 6.92 Å². The number of carboxylic acid groups (broad SMARTS) is 1. The standard InChI is InChI=1S/C10H20N2O2/c1-3-4-11-9-5-8(10(13)14)6-12(2)7-9/h8-9,11H,3-7H2,1-2H3,(H,13,14).